The standard InChI is InChI=1S/C78H53N3Si/c1-4-24-54(25-5-1)56-28-20-33-63(50-56)82(62-31-8-3-9-32-62,64-34-21-29-57(51-64)55-26-6-2-7-27-55)65-35-22-30-58(52-65)59-48-60(79-71-41-15-10-36-66(71)67-37-11-16-42-72(67)79)53-61(49-59)80-75-45-19-14-40-70(75)78-76(80)46-23-47-77(78)81-73-43-17-12-38-68(73)69-39-13-18-44-74(69)81/h1-53H. The van der Waals surface area contributed by atoms with Gasteiger partial charge in [-0.15, -0.1) is 0 Å². The summed E-state index contributed by atoms with van der Waals surface area (Å²) in [7, 11) is -3.16. The van der Waals surface area contributed by atoms with E-state index in [1.54, 1.807) is 0 Å². The van der Waals surface area contributed by atoms with Gasteiger partial charge in [0.25, 0.3) is 0 Å². The van der Waals surface area contributed by atoms with Crippen LogP contribution >= 0.6 is 0 Å². The molecule has 3 heterocycles. The quantitative estimate of drug-likeness (QED) is 0.0958. The molecule has 0 aliphatic heterocycles. The first-order chi connectivity index (χ1) is 40.7. The van der Waals surface area contributed by atoms with E-state index < -0.39 is 8.07 Å². The molecule has 16 aromatic rings. The van der Waals surface area contributed by atoms with E-state index in [0.29, 0.717) is 0 Å². The highest BCUT2D eigenvalue weighted by atomic mass is 28.3. The molecule has 0 saturated heterocycles. The molecule has 16 rings (SSSR count). The number of para-hydroxylation sites is 5. The van der Waals surface area contributed by atoms with Crippen molar-refractivity contribution in [3.05, 3.63) is 322 Å². The monoisotopic (exact) mass is 1060 g/mol. The number of rotatable bonds is 10. The van der Waals surface area contributed by atoms with Crippen molar-refractivity contribution in [1.82, 2.24) is 13.7 Å². The number of aromatic nitrogens is 3. The van der Waals surface area contributed by atoms with Gasteiger partial charge < -0.3 is 13.7 Å². The molecule has 4 heteroatoms. The molecule has 0 N–H and O–H groups in total. The van der Waals surface area contributed by atoms with Crippen LogP contribution in [-0.4, -0.2) is 21.8 Å². The molecule has 0 radical (unpaired) electrons. The van der Waals surface area contributed by atoms with E-state index in [9.17, 15) is 0 Å². The van der Waals surface area contributed by atoms with E-state index in [0.717, 1.165) is 39.2 Å². The van der Waals surface area contributed by atoms with Crippen LogP contribution in [0, 0.1) is 0 Å². The van der Waals surface area contributed by atoms with Crippen LogP contribution in [0.2, 0.25) is 0 Å². The minimum atomic E-state index is -3.16. The van der Waals surface area contributed by atoms with Gasteiger partial charge in [0.1, 0.15) is 0 Å². The smallest absolute Gasteiger partial charge is 0.179 e. The Balaban J connectivity index is 0.983. The van der Waals surface area contributed by atoms with Gasteiger partial charge in [-0.05, 0) is 115 Å². The summed E-state index contributed by atoms with van der Waals surface area (Å²) in [6.07, 6.45) is 0. The van der Waals surface area contributed by atoms with Gasteiger partial charge in [-0.2, -0.15) is 0 Å². The minimum absolute atomic E-state index is 1.09. The van der Waals surface area contributed by atoms with Crippen LogP contribution in [0.25, 0.3) is 116 Å². The highest BCUT2D eigenvalue weighted by Gasteiger charge is 2.42. The van der Waals surface area contributed by atoms with E-state index in [1.165, 1.54) is 97.4 Å². The molecule has 0 spiro atoms. The van der Waals surface area contributed by atoms with E-state index >= 15 is 0 Å². The molecule has 3 nitrogen and oxygen atoms in total. The van der Waals surface area contributed by atoms with Gasteiger partial charge in [0.15, 0.2) is 8.07 Å². The predicted octanol–water partition coefficient (Wildman–Crippen LogP) is 17.4. The van der Waals surface area contributed by atoms with Crippen LogP contribution in [0.5, 0.6) is 0 Å². The van der Waals surface area contributed by atoms with Crippen LogP contribution < -0.4 is 20.7 Å². The lowest BCUT2D eigenvalue weighted by atomic mass is 10.0. The zero-order valence-corrected chi connectivity index (χ0v) is 45.9. The molecule has 0 aliphatic rings. The summed E-state index contributed by atoms with van der Waals surface area (Å²) in [6, 6.07) is 120. The second kappa shape index (κ2) is 19.4. The summed E-state index contributed by atoms with van der Waals surface area (Å²) in [5.74, 6) is 0. The van der Waals surface area contributed by atoms with Crippen molar-refractivity contribution in [2.24, 2.45) is 0 Å². The lowest BCUT2D eigenvalue weighted by molar-refractivity contribution is 1.13. The van der Waals surface area contributed by atoms with E-state index in [2.05, 4.69) is 335 Å². The molecular weight excluding hydrogens is 1010 g/mol. The molecule has 82 heavy (non-hydrogen) atoms. The Kier molecular flexibility index (Phi) is 11.2. The maximum absolute atomic E-state index is 3.16. The summed E-state index contributed by atoms with van der Waals surface area (Å²) in [4.78, 5) is 0. The molecule has 0 fully saturated rings. The third-order valence-electron chi connectivity index (χ3n) is 17.1. The molecule has 0 aliphatic carbocycles. The first-order valence-electron chi connectivity index (χ1n) is 28.3. The third kappa shape index (κ3) is 7.50. The van der Waals surface area contributed by atoms with Gasteiger partial charge in [0.05, 0.1) is 38.8 Å². The van der Waals surface area contributed by atoms with Crippen LogP contribution in [0.15, 0.2) is 322 Å². The van der Waals surface area contributed by atoms with E-state index in [4.69, 9.17) is 0 Å². The van der Waals surface area contributed by atoms with Crippen molar-refractivity contribution in [3.8, 4) is 50.4 Å². The van der Waals surface area contributed by atoms with Crippen LogP contribution in [0.1, 0.15) is 0 Å². The summed E-state index contributed by atoms with van der Waals surface area (Å²) in [6.45, 7) is 0. The average molecular weight is 1060 g/mol. The molecule has 0 amide bonds. The van der Waals surface area contributed by atoms with Gasteiger partial charge in [-0.25, -0.2) is 0 Å². The Labute approximate surface area is 477 Å². The Morgan fingerprint density at radius 2 is 0.512 bits per heavy atom. The highest BCUT2D eigenvalue weighted by molar-refractivity contribution is 7.20. The zero-order valence-electron chi connectivity index (χ0n) is 44.9. The fraction of sp³-hybridized carbons (Fsp3) is 0. The summed E-state index contributed by atoms with van der Waals surface area (Å²) in [5.41, 5.74) is 17.5. The van der Waals surface area contributed by atoms with Crippen molar-refractivity contribution in [2.75, 3.05) is 0 Å². The first-order valence-corrected chi connectivity index (χ1v) is 30.3. The second-order valence-corrected chi connectivity index (χ2v) is 25.4. The number of hydrogen-bond donors (Lipinski definition) is 0. The number of hydrogen-bond acceptors (Lipinski definition) is 0. The van der Waals surface area contributed by atoms with Crippen molar-refractivity contribution in [1.29, 1.82) is 0 Å². The fourth-order valence-corrected chi connectivity index (χ4v) is 18.5. The van der Waals surface area contributed by atoms with Gasteiger partial charge >= 0.3 is 0 Å². The molecule has 384 valence electrons. The van der Waals surface area contributed by atoms with E-state index in [1.807, 2.05) is 0 Å². The number of benzene rings is 13. The molecule has 0 unspecified atom stereocenters. The molecule has 0 saturated carbocycles. The normalized spacial score (nSPS) is 11.9. The SMILES string of the molecule is c1ccc(-c2cccc([Si](c3ccccc3)(c3cccc(-c4ccccc4)c3)c3cccc(-c4cc(-n5c6ccccc6c6ccccc65)cc(-n5c6ccccc6c6c(-n7c8ccccc8c8ccccc87)cccc65)c4)c3)c2)cc1. The molecular formula is C78H53N3Si. The molecule has 0 atom stereocenters. The van der Waals surface area contributed by atoms with Gasteiger partial charge in [0.2, 0.25) is 0 Å². The van der Waals surface area contributed by atoms with Crippen LogP contribution in [0.3, 0.4) is 0 Å². The van der Waals surface area contributed by atoms with E-state index in [-0.39, 0.29) is 0 Å². The van der Waals surface area contributed by atoms with Crippen molar-refractivity contribution >= 4 is 94.2 Å². The van der Waals surface area contributed by atoms with Crippen LogP contribution in [0.4, 0.5) is 0 Å². The fourth-order valence-electron chi connectivity index (χ4n) is 13.6. The number of fused-ring (bicyclic) bond motifs is 9. The van der Waals surface area contributed by atoms with Crippen molar-refractivity contribution in [2.45, 2.75) is 0 Å². The lowest BCUT2D eigenvalue weighted by Crippen LogP contribution is -2.74. The third-order valence-corrected chi connectivity index (χ3v) is 21.9. The van der Waals surface area contributed by atoms with Crippen molar-refractivity contribution < 1.29 is 0 Å². The summed E-state index contributed by atoms with van der Waals surface area (Å²) in [5, 5.41) is 12.7. The lowest BCUT2D eigenvalue weighted by Gasteiger charge is -2.35. The molecule has 13 aromatic carbocycles. The molecule has 3 aromatic heterocycles. The zero-order chi connectivity index (χ0) is 54.1. The minimum Gasteiger partial charge on any atom is -0.309 e. The maximum Gasteiger partial charge on any atom is 0.179 e. The Hall–Kier alpha value is -10.5. The highest BCUT2D eigenvalue weighted by Crippen LogP contribution is 2.42. The average Bonchev–Trinajstić information content (AvgIpc) is 4.14. The second-order valence-electron chi connectivity index (χ2n) is 21.6. The van der Waals surface area contributed by atoms with Gasteiger partial charge in [-0.3, -0.25) is 0 Å². The Bertz CT molecular complexity index is 4920. The summed E-state index contributed by atoms with van der Waals surface area (Å²) < 4.78 is 7.47. The summed E-state index contributed by atoms with van der Waals surface area (Å²) >= 11 is 0. The largest absolute Gasteiger partial charge is 0.309 e. The first kappa shape index (κ1) is 47.5. The topological polar surface area (TPSA) is 14.8 Å². The maximum atomic E-state index is 2.53. The Morgan fingerprint density at radius 1 is 0.195 bits per heavy atom. The number of nitrogens with zero attached hydrogens (tertiary/aromatic N) is 3. The van der Waals surface area contributed by atoms with Gasteiger partial charge in [-0.1, -0.05) is 261 Å². The molecule has 0 bridgehead atoms. The Morgan fingerprint density at radius 3 is 0.976 bits per heavy atom. The van der Waals surface area contributed by atoms with Crippen LogP contribution in [-0.2, 0) is 0 Å². The van der Waals surface area contributed by atoms with Gasteiger partial charge in [0, 0.05) is 43.7 Å². The predicted molar refractivity (Wildman–Crippen MR) is 349 cm³/mol. The van der Waals surface area contributed by atoms with Crippen molar-refractivity contribution in [3.63, 3.8) is 0 Å².